The third kappa shape index (κ3) is 2.91. The van der Waals surface area contributed by atoms with Crippen LogP contribution in [0.15, 0.2) is 67.5 Å². The summed E-state index contributed by atoms with van der Waals surface area (Å²) in [4.78, 5) is 25.2. The Labute approximate surface area is 174 Å². The molecule has 0 amide bonds. The molecule has 0 saturated carbocycles. The molecule has 6 aromatic rings. The van der Waals surface area contributed by atoms with Gasteiger partial charge in [-0.25, -0.2) is 9.37 Å². The summed E-state index contributed by atoms with van der Waals surface area (Å²) in [6.45, 7) is 0. The molecule has 0 atom stereocenters. The Morgan fingerprint density at radius 1 is 0.839 bits per heavy atom. The molecule has 0 unspecified atom stereocenters. The second-order valence-electron chi connectivity index (χ2n) is 6.96. The number of hydrogen-bond donors (Lipinski definition) is 2. The zero-order valence-corrected chi connectivity index (χ0v) is 15.9. The fourth-order valence-electron chi connectivity index (χ4n) is 3.58. The second kappa shape index (κ2) is 6.77. The number of halogens is 1. The quantitative estimate of drug-likeness (QED) is 0.455. The lowest BCUT2D eigenvalue weighted by Gasteiger charge is -2.01. The smallest absolute Gasteiger partial charge is 0.159 e. The molecule has 8 nitrogen and oxygen atoms in total. The second-order valence-corrected chi connectivity index (χ2v) is 6.96. The van der Waals surface area contributed by atoms with Gasteiger partial charge in [-0.05, 0) is 23.8 Å². The summed E-state index contributed by atoms with van der Waals surface area (Å²) in [6.07, 6.45) is 9.97. The van der Waals surface area contributed by atoms with Crippen molar-refractivity contribution in [2.45, 2.75) is 0 Å². The molecule has 6 rings (SSSR count). The van der Waals surface area contributed by atoms with Crippen LogP contribution in [-0.2, 0) is 0 Å². The van der Waals surface area contributed by atoms with Crippen molar-refractivity contribution in [3.05, 3.63) is 73.3 Å². The van der Waals surface area contributed by atoms with Crippen LogP contribution in [0.3, 0.4) is 0 Å². The Kier molecular flexibility index (Phi) is 3.79. The van der Waals surface area contributed by atoms with Crippen molar-refractivity contribution in [2.24, 2.45) is 0 Å². The van der Waals surface area contributed by atoms with Gasteiger partial charge in [-0.1, -0.05) is 12.1 Å². The van der Waals surface area contributed by atoms with Gasteiger partial charge in [0.15, 0.2) is 5.82 Å². The highest BCUT2D eigenvalue weighted by atomic mass is 19.1. The predicted octanol–water partition coefficient (Wildman–Crippen LogP) is 4.16. The lowest BCUT2D eigenvalue weighted by molar-refractivity contribution is 0.628. The first-order valence-electron chi connectivity index (χ1n) is 9.47. The Morgan fingerprint density at radius 3 is 2.68 bits per heavy atom. The van der Waals surface area contributed by atoms with E-state index in [1.165, 1.54) is 12.1 Å². The minimum atomic E-state index is -0.312. The molecule has 0 bridgehead atoms. The number of nitrogens with one attached hydrogen (secondary N) is 2. The number of benzene rings is 1. The number of nitrogens with zero attached hydrogens (tertiary/aromatic N) is 6. The third-order valence-corrected chi connectivity index (χ3v) is 5.03. The van der Waals surface area contributed by atoms with Crippen LogP contribution in [0, 0.1) is 5.82 Å². The molecule has 31 heavy (non-hydrogen) atoms. The maximum Gasteiger partial charge on any atom is 0.159 e. The zero-order chi connectivity index (χ0) is 20.8. The topological polar surface area (TPSA) is 109 Å². The van der Waals surface area contributed by atoms with Gasteiger partial charge in [0.05, 0.1) is 40.8 Å². The van der Waals surface area contributed by atoms with Crippen molar-refractivity contribution in [1.82, 2.24) is 40.1 Å². The number of pyridine rings is 2. The molecule has 2 N–H and O–H groups in total. The van der Waals surface area contributed by atoms with Crippen LogP contribution in [0.2, 0.25) is 0 Å². The number of aromatic nitrogens is 8. The summed E-state index contributed by atoms with van der Waals surface area (Å²) >= 11 is 0. The molecule has 9 heteroatoms. The number of rotatable bonds is 3. The van der Waals surface area contributed by atoms with E-state index in [2.05, 4.69) is 35.1 Å². The fraction of sp³-hybridized carbons (Fsp3) is 0. The standard InChI is InChI=1S/C22H13FN8/c23-13-3-1-2-12(6-13)15-8-25-10-19-20(15)29-22(28-19)21-14-7-16(18-9-24-4-5-26-18)27-11-17(14)30-31-21/h1-11H,(H,28,29)(H,30,31). The normalized spacial score (nSPS) is 11.4. The SMILES string of the molecule is Fc1cccc(-c2cncc3[nH]c(-c4n[nH]c5cnc(-c6cnccn6)cc45)nc23)c1. The molecule has 0 fully saturated rings. The van der Waals surface area contributed by atoms with Gasteiger partial charge in [-0.15, -0.1) is 0 Å². The number of hydrogen-bond acceptors (Lipinski definition) is 6. The number of aromatic amines is 2. The first-order valence-corrected chi connectivity index (χ1v) is 9.47. The molecule has 0 saturated heterocycles. The van der Waals surface area contributed by atoms with Crippen molar-refractivity contribution in [1.29, 1.82) is 0 Å². The summed E-state index contributed by atoms with van der Waals surface area (Å²) in [5.74, 6) is 0.260. The largest absolute Gasteiger partial charge is 0.335 e. The molecule has 0 spiro atoms. The van der Waals surface area contributed by atoms with Crippen molar-refractivity contribution in [2.75, 3.05) is 0 Å². The first kappa shape index (κ1) is 17.3. The highest BCUT2D eigenvalue weighted by molar-refractivity contribution is 5.97. The first-order chi connectivity index (χ1) is 15.3. The summed E-state index contributed by atoms with van der Waals surface area (Å²) in [5, 5.41) is 8.27. The van der Waals surface area contributed by atoms with Crippen molar-refractivity contribution in [3.8, 4) is 34.0 Å². The Bertz CT molecular complexity index is 1550. The van der Waals surface area contributed by atoms with Crippen molar-refractivity contribution >= 4 is 21.9 Å². The van der Waals surface area contributed by atoms with Crippen LogP contribution in [0.1, 0.15) is 0 Å². The van der Waals surface area contributed by atoms with Gasteiger partial charge < -0.3 is 4.98 Å². The van der Waals surface area contributed by atoms with E-state index in [1.807, 2.05) is 12.1 Å². The molecule has 0 aliphatic heterocycles. The van der Waals surface area contributed by atoms with Crippen LogP contribution < -0.4 is 0 Å². The monoisotopic (exact) mass is 408 g/mol. The van der Waals surface area contributed by atoms with Crippen LogP contribution in [-0.4, -0.2) is 40.1 Å². The molecule has 0 aliphatic carbocycles. The number of fused-ring (bicyclic) bond motifs is 2. The molecule has 1 aromatic carbocycles. The summed E-state index contributed by atoms with van der Waals surface area (Å²) in [7, 11) is 0. The Hall–Kier alpha value is -4.53. The van der Waals surface area contributed by atoms with E-state index in [-0.39, 0.29) is 5.82 Å². The Balaban J connectivity index is 1.52. The maximum atomic E-state index is 13.8. The molecule has 0 radical (unpaired) electrons. The minimum Gasteiger partial charge on any atom is -0.335 e. The van der Waals surface area contributed by atoms with Gasteiger partial charge in [-0.2, -0.15) is 5.10 Å². The average molecular weight is 408 g/mol. The van der Waals surface area contributed by atoms with Gasteiger partial charge in [0, 0.05) is 29.5 Å². The molecule has 5 aromatic heterocycles. The third-order valence-electron chi connectivity index (χ3n) is 5.03. The number of imidazole rings is 1. The van der Waals surface area contributed by atoms with Crippen LogP contribution in [0.25, 0.3) is 56.0 Å². The van der Waals surface area contributed by atoms with Gasteiger partial charge >= 0.3 is 0 Å². The van der Waals surface area contributed by atoms with Gasteiger partial charge in [0.1, 0.15) is 17.2 Å². The highest BCUT2D eigenvalue weighted by Crippen LogP contribution is 2.31. The molecule has 5 heterocycles. The predicted molar refractivity (Wildman–Crippen MR) is 113 cm³/mol. The van der Waals surface area contributed by atoms with Crippen LogP contribution >= 0.6 is 0 Å². The summed E-state index contributed by atoms with van der Waals surface area (Å²) in [6, 6.07) is 8.27. The van der Waals surface area contributed by atoms with Crippen LogP contribution in [0.4, 0.5) is 4.39 Å². The van der Waals surface area contributed by atoms with E-state index in [0.29, 0.717) is 34.0 Å². The van der Waals surface area contributed by atoms with E-state index >= 15 is 0 Å². The van der Waals surface area contributed by atoms with E-state index in [1.54, 1.807) is 43.2 Å². The van der Waals surface area contributed by atoms with Crippen molar-refractivity contribution in [3.63, 3.8) is 0 Å². The summed E-state index contributed by atoms with van der Waals surface area (Å²) < 4.78 is 13.8. The molecular weight excluding hydrogens is 395 g/mol. The molecular formula is C22H13FN8. The van der Waals surface area contributed by atoms with E-state index in [9.17, 15) is 4.39 Å². The van der Waals surface area contributed by atoms with Crippen LogP contribution in [0.5, 0.6) is 0 Å². The van der Waals surface area contributed by atoms with Gasteiger partial charge in [0.2, 0.25) is 0 Å². The highest BCUT2D eigenvalue weighted by Gasteiger charge is 2.17. The molecule has 148 valence electrons. The van der Waals surface area contributed by atoms with Gasteiger partial charge in [-0.3, -0.25) is 25.0 Å². The van der Waals surface area contributed by atoms with Gasteiger partial charge in [0.25, 0.3) is 0 Å². The maximum absolute atomic E-state index is 13.8. The summed E-state index contributed by atoms with van der Waals surface area (Å²) in [5.41, 5.74) is 5.63. The minimum absolute atomic E-state index is 0.312. The van der Waals surface area contributed by atoms with E-state index in [4.69, 9.17) is 4.98 Å². The number of H-pyrrole nitrogens is 2. The molecule has 0 aliphatic rings. The average Bonchev–Trinajstić information content (AvgIpc) is 3.43. The lowest BCUT2D eigenvalue weighted by atomic mass is 10.1. The van der Waals surface area contributed by atoms with E-state index in [0.717, 1.165) is 22.0 Å². The Morgan fingerprint density at radius 2 is 1.81 bits per heavy atom. The van der Waals surface area contributed by atoms with Crippen molar-refractivity contribution < 1.29 is 4.39 Å². The fourth-order valence-corrected chi connectivity index (χ4v) is 3.58. The lowest BCUT2D eigenvalue weighted by Crippen LogP contribution is -1.88. The van der Waals surface area contributed by atoms with E-state index < -0.39 is 0 Å². The zero-order valence-electron chi connectivity index (χ0n) is 15.9.